The molecule has 0 unspecified atom stereocenters. The Labute approximate surface area is 208 Å². The van der Waals surface area contributed by atoms with Crippen molar-refractivity contribution in [1.29, 1.82) is 0 Å². The molecule has 0 radical (unpaired) electrons. The van der Waals surface area contributed by atoms with E-state index in [1.165, 1.54) is 0 Å². The number of benzene rings is 1. The molecular weight excluding hydrogens is 440 g/mol. The van der Waals surface area contributed by atoms with Crippen molar-refractivity contribution in [3.8, 4) is 0 Å². The van der Waals surface area contributed by atoms with E-state index in [1.54, 1.807) is 0 Å². The van der Waals surface area contributed by atoms with Gasteiger partial charge in [-0.1, -0.05) is 38.8 Å². The summed E-state index contributed by atoms with van der Waals surface area (Å²) in [7, 11) is 1.91. The van der Waals surface area contributed by atoms with Crippen molar-refractivity contribution >= 4 is 28.7 Å². The van der Waals surface area contributed by atoms with E-state index in [-0.39, 0.29) is 18.0 Å². The minimum Gasteiger partial charge on any atom is -0.506 e. The molecule has 0 aromatic heterocycles. The maximum atomic E-state index is 13.0. The number of carbonyl (C=O) groups is 2. The van der Waals surface area contributed by atoms with Crippen LogP contribution in [0.4, 0.5) is 5.69 Å². The normalized spacial score (nSPS) is 15.1. The number of carboxylic acids is 1. The molecule has 6 heteroatoms. The number of rotatable bonds is 12. The minimum atomic E-state index is -0.799. The van der Waals surface area contributed by atoms with Crippen LogP contribution in [-0.4, -0.2) is 58.9 Å². The van der Waals surface area contributed by atoms with Crippen LogP contribution in [0.5, 0.6) is 0 Å². The Kier molecular flexibility index (Phi) is 9.24. The molecule has 0 amide bonds. The first-order chi connectivity index (χ1) is 16.9. The highest BCUT2D eigenvalue weighted by Gasteiger charge is 2.36. The van der Waals surface area contributed by atoms with Gasteiger partial charge in [-0.3, -0.25) is 9.59 Å². The number of hydrogen-bond donors (Lipinski definition) is 2. The quantitative estimate of drug-likeness (QED) is 0.315. The summed E-state index contributed by atoms with van der Waals surface area (Å²) in [6.45, 7) is 7.05. The lowest BCUT2D eigenvalue weighted by atomic mass is 9.80. The summed E-state index contributed by atoms with van der Waals surface area (Å²) < 4.78 is 1.98. The van der Waals surface area contributed by atoms with Crippen LogP contribution in [0.25, 0.3) is 5.57 Å². The standard InChI is InChI=1S/C29H36N2O4/c1-4-6-19-31(20-7-5-2)24-16-12-22(13-17-24)27-28(34)26(29(27)35)21-10-14-23(15-11-21)30(3)18-8-9-25(32)33/h10-17H,4-9,18-20H2,1-3H3,(H-,32,33,34,35)/p+1. The summed E-state index contributed by atoms with van der Waals surface area (Å²) >= 11 is 0. The summed E-state index contributed by atoms with van der Waals surface area (Å²) in [6.07, 6.45) is 12.7. The number of hydrogen-bond acceptors (Lipinski definition) is 4. The molecule has 6 nitrogen and oxygen atoms in total. The minimum absolute atomic E-state index is 0.0409. The average Bonchev–Trinajstić information content (AvgIpc) is 2.85. The zero-order chi connectivity index (χ0) is 25.4. The third kappa shape index (κ3) is 6.38. The Bertz CT molecular complexity index is 1080. The molecule has 1 aromatic rings. The second kappa shape index (κ2) is 12.3. The predicted molar refractivity (Wildman–Crippen MR) is 141 cm³/mol. The van der Waals surface area contributed by atoms with Crippen LogP contribution in [0.1, 0.15) is 57.9 Å². The number of anilines is 1. The molecule has 2 aliphatic rings. The fraction of sp³-hybridized carbons (Fsp3) is 0.414. The SMILES string of the molecule is CCCCN(CCCC)c1ccc(C2=C(O)C(=C3C=CC(=[N+](C)CCCC(=O)O)C=C3)C2=O)cc1. The lowest BCUT2D eigenvalue weighted by molar-refractivity contribution is -0.496. The van der Waals surface area contributed by atoms with Crippen LogP contribution in [0.15, 0.2) is 65.5 Å². The van der Waals surface area contributed by atoms with Crippen molar-refractivity contribution in [2.75, 3.05) is 31.6 Å². The van der Waals surface area contributed by atoms with Crippen molar-refractivity contribution < 1.29 is 24.4 Å². The van der Waals surface area contributed by atoms with E-state index in [1.807, 2.05) is 60.2 Å². The van der Waals surface area contributed by atoms with Gasteiger partial charge in [0, 0.05) is 37.3 Å². The number of Topliss-reactive ketones (excluding diaryl/α,β-unsaturated/α-hetero) is 1. The number of carboxylic acid groups (broad SMARTS) is 1. The Morgan fingerprint density at radius 3 is 2.03 bits per heavy atom. The van der Waals surface area contributed by atoms with Gasteiger partial charge in [0.1, 0.15) is 19.4 Å². The van der Waals surface area contributed by atoms with E-state index in [0.717, 1.165) is 55.7 Å². The van der Waals surface area contributed by atoms with Crippen LogP contribution in [-0.2, 0) is 9.59 Å². The van der Waals surface area contributed by atoms with Gasteiger partial charge >= 0.3 is 5.97 Å². The second-order valence-electron chi connectivity index (χ2n) is 9.13. The zero-order valence-electron chi connectivity index (χ0n) is 21.1. The number of carbonyl (C=O) groups excluding carboxylic acids is 1. The number of aliphatic hydroxyl groups excluding tert-OH is 1. The monoisotopic (exact) mass is 477 g/mol. The van der Waals surface area contributed by atoms with Gasteiger partial charge in [-0.25, -0.2) is 4.58 Å². The molecule has 0 atom stereocenters. The number of unbranched alkanes of at least 4 members (excludes halogenated alkanes) is 2. The Balaban J connectivity index is 1.75. The molecule has 35 heavy (non-hydrogen) atoms. The lowest BCUT2D eigenvalue weighted by Gasteiger charge is -2.26. The first kappa shape index (κ1) is 26.2. The second-order valence-corrected chi connectivity index (χ2v) is 9.13. The van der Waals surface area contributed by atoms with Crippen LogP contribution in [0, 0.1) is 0 Å². The summed E-state index contributed by atoms with van der Waals surface area (Å²) in [4.78, 5) is 26.1. The van der Waals surface area contributed by atoms with E-state index < -0.39 is 5.97 Å². The highest BCUT2D eigenvalue weighted by Crippen LogP contribution is 2.39. The molecule has 186 valence electrons. The number of ketones is 1. The molecule has 2 aliphatic carbocycles. The molecular formula is C29H37N2O4+. The number of allylic oxidation sites excluding steroid dienone is 7. The Morgan fingerprint density at radius 1 is 0.914 bits per heavy atom. The lowest BCUT2D eigenvalue weighted by Crippen LogP contribution is -2.26. The topological polar surface area (TPSA) is 80.8 Å². The van der Waals surface area contributed by atoms with Gasteiger partial charge in [-0.2, -0.15) is 0 Å². The molecule has 3 rings (SSSR count). The van der Waals surface area contributed by atoms with Gasteiger partial charge in [0.25, 0.3) is 0 Å². The van der Waals surface area contributed by atoms with Crippen molar-refractivity contribution in [2.45, 2.75) is 52.4 Å². The molecule has 0 fully saturated rings. The zero-order valence-corrected chi connectivity index (χ0v) is 21.1. The molecule has 0 spiro atoms. The van der Waals surface area contributed by atoms with Crippen LogP contribution < -0.4 is 4.90 Å². The van der Waals surface area contributed by atoms with E-state index in [0.29, 0.717) is 29.7 Å². The molecule has 0 saturated heterocycles. The molecule has 1 aromatic carbocycles. The third-order valence-corrected chi connectivity index (χ3v) is 6.49. The van der Waals surface area contributed by atoms with Gasteiger partial charge in [0.05, 0.1) is 17.6 Å². The molecule has 0 heterocycles. The highest BCUT2D eigenvalue weighted by molar-refractivity contribution is 6.39. The molecule has 2 N–H and O–H groups in total. The molecule has 0 aliphatic heterocycles. The fourth-order valence-electron chi connectivity index (χ4n) is 4.32. The van der Waals surface area contributed by atoms with Gasteiger partial charge in [0.15, 0.2) is 5.71 Å². The smallest absolute Gasteiger partial charge is 0.303 e. The van der Waals surface area contributed by atoms with E-state index in [4.69, 9.17) is 5.11 Å². The van der Waals surface area contributed by atoms with Gasteiger partial charge < -0.3 is 15.1 Å². The van der Waals surface area contributed by atoms with Crippen molar-refractivity contribution in [2.24, 2.45) is 0 Å². The summed E-state index contributed by atoms with van der Waals surface area (Å²) in [6, 6.07) is 7.94. The number of aliphatic hydroxyl groups is 1. The van der Waals surface area contributed by atoms with Gasteiger partial charge in [0.2, 0.25) is 5.78 Å². The van der Waals surface area contributed by atoms with Gasteiger partial charge in [-0.15, -0.1) is 0 Å². The van der Waals surface area contributed by atoms with Crippen molar-refractivity contribution in [3.63, 3.8) is 0 Å². The average molecular weight is 478 g/mol. The highest BCUT2D eigenvalue weighted by atomic mass is 16.4. The third-order valence-electron chi connectivity index (χ3n) is 6.49. The molecule has 0 saturated carbocycles. The Morgan fingerprint density at radius 2 is 1.51 bits per heavy atom. The summed E-state index contributed by atoms with van der Waals surface area (Å²) in [5.74, 6) is -0.905. The van der Waals surface area contributed by atoms with E-state index >= 15 is 0 Å². The van der Waals surface area contributed by atoms with E-state index in [2.05, 4.69) is 18.7 Å². The van der Waals surface area contributed by atoms with E-state index in [9.17, 15) is 14.7 Å². The van der Waals surface area contributed by atoms with Crippen LogP contribution in [0.3, 0.4) is 0 Å². The maximum Gasteiger partial charge on any atom is 0.303 e. The van der Waals surface area contributed by atoms with Crippen LogP contribution >= 0.6 is 0 Å². The molecule has 0 bridgehead atoms. The first-order valence-corrected chi connectivity index (χ1v) is 12.6. The van der Waals surface area contributed by atoms with Crippen molar-refractivity contribution in [3.05, 3.63) is 71.0 Å². The summed E-state index contributed by atoms with van der Waals surface area (Å²) in [5.41, 5.74) is 4.21. The maximum absolute atomic E-state index is 13.0. The Hall–Kier alpha value is -3.41. The fourth-order valence-corrected chi connectivity index (χ4v) is 4.32. The first-order valence-electron chi connectivity index (χ1n) is 12.6. The van der Waals surface area contributed by atoms with Gasteiger partial charge in [-0.05, 0) is 48.3 Å². The van der Waals surface area contributed by atoms with Crippen LogP contribution in [0.2, 0.25) is 0 Å². The number of aliphatic carboxylic acids is 1. The largest absolute Gasteiger partial charge is 0.506 e. The number of nitrogens with zero attached hydrogens (tertiary/aromatic N) is 2. The predicted octanol–water partition coefficient (Wildman–Crippen LogP) is 5.32. The van der Waals surface area contributed by atoms with Crippen molar-refractivity contribution in [1.82, 2.24) is 0 Å². The summed E-state index contributed by atoms with van der Waals surface area (Å²) in [5, 5.41) is 19.5.